The minimum absolute atomic E-state index is 0.00709. The molecule has 1 rings (SSSR count). The summed E-state index contributed by atoms with van der Waals surface area (Å²) < 4.78 is 5.02. The highest BCUT2D eigenvalue weighted by molar-refractivity contribution is 7.09. The first-order chi connectivity index (χ1) is 8.71. The Balaban J connectivity index is 2.30. The van der Waals surface area contributed by atoms with Gasteiger partial charge in [-0.15, -0.1) is 11.3 Å². The van der Waals surface area contributed by atoms with E-state index in [1.54, 1.807) is 23.3 Å². The molecule has 0 radical (unpaired) electrons. The molecule has 0 aliphatic rings. The Morgan fingerprint density at radius 3 is 2.83 bits per heavy atom. The van der Waals surface area contributed by atoms with Crippen LogP contribution in [0.1, 0.15) is 24.5 Å². The van der Waals surface area contributed by atoms with Crippen LogP contribution >= 0.6 is 11.3 Å². The molecule has 1 aromatic rings. The van der Waals surface area contributed by atoms with E-state index in [0.717, 1.165) is 30.2 Å². The lowest BCUT2D eigenvalue weighted by Crippen LogP contribution is -2.40. The Morgan fingerprint density at radius 1 is 1.50 bits per heavy atom. The Hall–Kier alpha value is -1.14. The minimum atomic E-state index is -0.00709. The molecule has 0 aliphatic carbocycles. The smallest absolute Gasteiger partial charge is 0.317 e. The van der Waals surface area contributed by atoms with E-state index in [4.69, 9.17) is 4.74 Å². The summed E-state index contributed by atoms with van der Waals surface area (Å²) in [5, 5.41) is 5.88. The Bertz CT molecular complexity index is 364. The molecule has 2 amide bonds. The Kier molecular flexibility index (Phi) is 6.67. The summed E-state index contributed by atoms with van der Waals surface area (Å²) in [5.74, 6) is 0. The molecule has 102 valence electrons. The van der Waals surface area contributed by atoms with E-state index in [9.17, 15) is 4.79 Å². The summed E-state index contributed by atoms with van der Waals surface area (Å²) in [6.07, 6.45) is 0.757. The van der Waals surface area contributed by atoms with Gasteiger partial charge in [-0.2, -0.15) is 0 Å². The van der Waals surface area contributed by atoms with Gasteiger partial charge >= 0.3 is 6.03 Å². The maximum absolute atomic E-state index is 11.7. The first-order valence-electron chi connectivity index (χ1n) is 6.16. The van der Waals surface area contributed by atoms with Gasteiger partial charge in [-0.05, 0) is 13.8 Å². The maximum Gasteiger partial charge on any atom is 0.317 e. The highest BCUT2D eigenvalue weighted by atomic mass is 32.1. The van der Waals surface area contributed by atoms with Crippen molar-refractivity contribution in [3.05, 3.63) is 16.1 Å². The Morgan fingerprint density at radius 2 is 2.22 bits per heavy atom. The van der Waals surface area contributed by atoms with E-state index in [2.05, 4.69) is 10.3 Å². The molecule has 0 saturated heterocycles. The van der Waals surface area contributed by atoms with Crippen LogP contribution in [-0.2, 0) is 17.8 Å². The molecule has 1 heterocycles. The van der Waals surface area contributed by atoms with Crippen LogP contribution in [0.4, 0.5) is 4.79 Å². The van der Waals surface area contributed by atoms with Crippen LogP contribution in [0.5, 0.6) is 0 Å². The fraction of sp³-hybridized carbons (Fsp3) is 0.667. The van der Waals surface area contributed by atoms with Crippen LogP contribution in [0.25, 0.3) is 0 Å². The predicted octanol–water partition coefficient (Wildman–Crippen LogP) is 1.88. The molecule has 0 fully saturated rings. The lowest BCUT2D eigenvalue weighted by Gasteiger charge is -2.18. The molecule has 0 aromatic carbocycles. The molecule has 0 saturated carbocycles. The number of amides is 2. The molecule has 1 N–H and O–H groups in total. The number of ether oxygens (including phenoxy) is 1. The third kappa shape index (κ3) is 4.62. The molecule has 0 bridgehead atoms. The van der Waals surface area contributed by atoms with Crippen molar-refractivity contribution in [2.75, 3.05) is 26.7 Å². The van der Waals surface area contributed by atoms with Gasteiger partial charge in [0.25, 0.3) is 0 Å². The summed E-state index contributed by atoms with van der Waals surface area (Å²) in [6.45, 7) is 6.58. The average Bonchev–Trinajstić information content (AvgIpc) is 2.79. The summed E-state index contributed by atoms with van der Waals surface area (Å²) in [5.41, 5.74) is 1.01. The third-order valence-corrected chi connectivity index (χ3v) is 3.45. The predicted molar refractivity (Wildman–Crippen MR) is 72.9 cm³/mol. The van der Waals surface area contributed by atoms with Gasteiger partial charge in [-0.25, -0.2) is 9.78 Å². The molecule has 0 spiro atoms. The van der Waals surface area contributed by atoms with Crippen LogP contribution in [0, 0.1) is 0 Å². The highest BCUT2D eigenvalue weighted by Gasteiger charge is 2.08. The van der Waals surface area contributed by atoms with Crippen LogP contribution in [0.2, 0.25) is 0 Å². The first kappa shape index (κ1) is 14.9. The topological polar surface area (TPSA) is 54.5 Å². The summed E-state index contributed by atoms with van der Waals surface area (Å²) in [6, 6.07) is -0.00709. The van der Waals surface area contributed by atoms with Crippen molar-refractivity contribution in [2.45, 2.75) is 26.9 Å². The van der Waals surface area contributed by atoms with Crippen LogP contribution in [-0.4, -0.2) is 42.7 Å². The van der Waals surface area contributed by atoms with E-state index < -0.39 is 0 Å². The van der Waals surface area contributed by atoms with Crippen molar-refractivity contribution in [3.63, 3.8) is 0 Å². The number of nitrogens with zero attached hydrogens (tertiary/aromatic N) is 2. The van der Waals surface area contributed by atoms with Gasteiger partial charge in [0.05, 0.1) is 12.3 Å². The zero-order chi connectivity index (χ0) is 13.4. The number of methoxy groups -OCH3 is 1. The number of nitrogens with one attached hydrogen (secondary N) is 1. The van der Waals surface area contributed by atoms with E-state index in [-0.39, 0.29) is 6.03 Å². The third-order valence-electron chi connectivity index (χ3n) is 2.58. The molecule has 0 atom stereocenters. The molecule has 0 aliphatic heterocycles. The molecule has 18 heavy (non-hydrogen) atoms. The average molecular weight is 271 g/mol. The van der Waals surface area contributed by atoms with Crippen LogP contribution in [0.15, 0.2) is 5.38 Å². The van der Waals surface area contributed by atoms with E-state index >= 15 is 0 Å². The minimum Gasteiger partial charge on any atom is -0.378 e. The van der Waals surface area contributed by atoms with E-state index in [1.165, 1.54) is 0 Å². The number of hydrogen-bond donors (Lipinski definition) is 1. The normalized spacial score (nSPS) is 10.4. The summed E-state index contributed by atoms with van der Waals surface area (Å²) in [4.78, 5) is 17.9. The number of aromatic nitrogens is 1. The molecular weight excluding hydrogens is 250 g/mol. The van der Waals surface area contributed by atoms with Crippen molar-refractivity contribution in [1.29, 1.82) is 0 Å². The second-order valence-electron chi connectivity index (χ2n) is 3.82. The Labute approximate surface area is 112 Å². The molecule has 0 unspecified atom stereocenters. The van der Waals surface area contributed by atoms with E-state index in [1.807, 2.05) is 19.2 Å². The second-order valence-corrected chi connectivity index (χ2v) is 4.76. The fourth-order valence-corrected chi connectivity index (χ4v) is 2.37. The number of hydrogen-bond acceptors (Lipinski definition) is 4. The quantitative estimate of drug-likeness (QED) is 0.824. The van der Waals surface area contributed by atoms with Gasteiger partial charge in [-0.1, -0.05) is 0 Å². The number of carbonyl (C=O) groups excluding carboxylic acids is 1. The van der Waals surface area contributed by atoms with Crippen molar-refractivity contribution < 1.29 is 9.53 Å². The van der Waals surface area contributed by atoms with Gasteiger partial charge in [0.2, 0.25) is 0 Å². The number of rotatable bonds is 7. The number of carbonyl (C=O) groups is 1. The molecule has 5 nitrogen and oxygen atoms in total. The van der Waals surface area contributed by atoms with Gasteiger partial charge < -0.3 is 15.0 Å². The lowest BCUT2D eigenvalue weighted by atomic mass is 10.3. The van der Waals surface area contributed by atoms with Gasteiger partial charge in [0, 0.05) is 38.5 Å². The number of thiazole rings is 1. The van der Waals surface area contributed by atoms with Gasteiger partial charge in [0.1, 0.15) is 5.01 Å². The number of urea groups is 1. The lowest BCUT2D eigenvalue weighted by molar-refractivity contribution is 0.184. The maximum atomic E-state index is 11.7. The van der Waals surface area contributed by atoms with Crippen molar-refractivity contribution in [1.82, 2.24) is 15.2 Å². The molecular formula is C12H21N3O2S. The monoisotopic (exact) mass is 271 g/mol. The van der Waals surface area contributed by atoms with Crippen molar-refractivity contribution in [3.8, 4) is 0 Å². The zero-order valence-electron chi connectivity index (χ0n) is 11.2. The zero-order valence-corrected chi connectivity index (χ0v) is 12.0. The first-order valence-corrected chi connectivity index (χ1v) is 7.04. The van der Waals surface area contributed by atoms with Crippen LogP contribution in [0.3, 0.4) is 0 Å². The summed E-state index contributed by atoms with van der Waals surface area (Å²) >= 11 is 1.59. The summed E-state index contributed by atoms with van der Waals surface area (Å²) in [7, 11) is 1.66. The van der Waals surface area contributed by atoms with Crippen molar-refractivity contribution >= 4 is 17.4 Å². The highest BCUT2D eigenvalue weighted by Crippen LogP contribution is 2.10. The van der Waals surface area contributed by atoms with Gasteiger partial charge in [0.15, 0.2) is 0 Å². The SMILES string of the molecule is CCN(CC)C(=O)NCCc1csc(COC)n1. The second kappa shape index (κ2) is 8.05. The fourth-order valence-electron chi connectivity index (χ4n) is 1.57. The standard InChI is InChI=1S/C12H21N3O2S/c1-4-15(5-2)12(16)13-7-6-10-9-18-11(14-10)8-17-3/h9H,4-8H2,1-3H3,(H,13,16). The van der Waals surface area contributed by atoms with E-state index in [0.29, 0.717) is 13.2 Å². The molecule has 6 heteroatoms. The van der Waals surface area contributed by atoms with Crippen molar-refractivity contribution in [2.24, 2.45) is 0 Å². The van der Waals surface area contributed by atoms with Crippen LogP contribution < -0.4 is 5.32 Å². The van der Waals surface area contributed by atoms with Gasteiger partial charge in [-0.3, -0.25) is 0 Å². The molecule has 1 aromatic heterocycles. The largest absolute Gasteiger partial charge is 0.378 e.